The number of fused-ring (bicyclic) bond motifs is 1. The molecule has 0 bridgehead atoms. The fourth-order valence-corrected chi connectivity index (χ4v) is 4.61. The van der Waals surface area contributed by atoms with Crippen LogP contribution in [0.1, 0.15) is 5.56 Å². The summed E-state index contributed by atoms with van der Waals surface area (Å²) >= 11 is 13.5. The first-order valence-corrected chi connectivity index (χ1v) is 11.6. The molecule has 1 aliphatic heterocycles. The molecule has 8 nitrogen and oxygen atoms in total. The Morgan fingerprint density at radius 1 is 1.09 bits per heavy atom. The lowest BCUT2D eigenvalue weighted by Gasteiger charge is -2.05. The molecule has 1 aliphatic rings. The van der Waals surface area contributed by atoms with Gasteiger partial charge < -0.3 is 9.47 Å². The molecular formula is C23H13Cl2FN4O4S. The van der Waals surface area contributed by atoms with Gasteiger partial charge in [-0.3, -0.25) is 10.1 Å². The van der Waals surface area contributed by atoms with Crippen LogP contribution in [-0.2, 0) is 0 Å². The van der Waals surface area contributed by atoms with E-state index in [2.05, 4.69) is 10.1 Å². The van der Waals surface area contributed by atoms with Crippen LogP contribution < -0.4 is 14.3 Å². The molecule has 0 spiro atoms. The number of aromatic nitrogens is 1. The molecule has 1 aromatic heterocycles. The number of benzene rings is 3. The first-order chi connectivity index (χ1) is 16.9. The van der Waals surface area contributed by atoms with Gasteiger partial charge in [0.25, 0.3) is 5.69 Å². The van der Waals surface area contributed by atoms with Crippen molar-refractivity contribution in [2.45, 2.75) is 0 Å². The second-order valence-electron chi connectivity index (χ2n) is 7.20. The predicted octanol–water partition coefficient (Wildman–Crippen LogP) is 6.41. The Kier molecular flexibility index (Phi) is 6.25. The molecule has 0 amide bonds. The van der Waals surface area contributed by atoms with Gasteiger partial charge >= 0.3 is 0 Å². The zero-order valence-electron chi connectivity index (χ0n) is 17.5. The zero-order chi connectivity index (χ0) is 24.5. The maximum absolute atomic E-state index is 13.5. The van der Waals surface area contributed by atoms with Crippen LogP contribution in [0.4, 0.5) is 15.8 Å². The maximum Gasteiger partial charge on any atom is 0.282 e. The highest BCUT2D eigenvalue weighted by molar-refractivity contribution is 7.07. The minimum Gasteiger partial charge on any atom is -0.454 e. The number of nitro groups is 1. The molecule has 12 heteroatoms. The van der Waals surface area contributed by atoms with Crippen LogP contribution >= 0.6 is 34.5 Å². The predicted molar refractivity (Wildman–Crippen MR) is 132 cm³/mol. The molecule has 5 rings (SSSR count). The topological polar surface area (TPSA) is 91.2 Å². The van der Waals surface area contributed by atoms with Crippen molar-refractivity contribution >= 4 is 52.1 Å². The lowest BCUT2D eigenvalue weighted by Crippen LogP contribution is -2.12. The Bertz CT molecular complexity index is 1550. The highest BCUT2D eigenvalue weighted by Gasteiger charge is 2.22. The molecule has 176 valence electrons. The summed E-state index contributed by atoms with van der Waals surface area (Å²) in [6.45, 7) is -0.0219. The fraction of sp³-hybridized carbons (Fsp3) is 0.0435. The van der Waals surface area contributed by atoms with E-state index < -0.39 is 4.92 Å². The molecule has 0 radical (unpaired) electrons. The van der Waals surface area contributed by atoms with Crippen LogP contribution in [0.2, 0.25) is 10.0 Å². The molecule has 35 heavy (non-hydrogen) atoms. The van der Waals surface area contributed by atoms with Crippen molar-refractivity contribution in [3.63, 3.8) is 0 Å². The third-order valence-corrected chi connectivity index (χ3v) is 6.34. The Morgan fingerprint density at radius 3 is 2.54 bits per heavy atom. The van der Waals surface area contributed by atoms with Crippen LogP contribution in [-0.4, -0.2) is 22.6 Å². The molecule has 0 unspecified atom stereocenters. The molecule has 0 saturated carbocycles. The van der Waals surface area contributed by atoms with Crippen molar-refractivity contribution in [2.75, 3.05) is 6.79 Å². The van der Waals surface area contributed by atoms with E-state index in [1.165, 1.54) is 46.5 Å². The van der Waals surface area contributed by atoms with Gasteiger partial charge in [0.15, 0.2) is 11.5 Å². The van der Waals surface area contributed by atoms with Crippen molar-refractivity contribution < 1.29 is 18.8 Å². The number of nitro benzene ring substituents is 1. The Hall–Kier alpha value is -3.73. The molecule has 0 fully saturated rings. The Morgan fingerprint density at radius 2 is 1.83 bits per heavy atom. The number of thiazole rings is 1. The highest BCUT2D eigenvalue weighted by Crippen LogP contribution is 2.37. The second-order valence-corrected chi connectivity index (χ2v) is 8.88. The van der Waals surface area contributed by atoms with Gasteiger partial charge in [-0.2, -0.15) is 5.10 Å². The van der Waals surface area contributed by atoms with Crippen LogP contribution in [0.25, 0.3) is 11.3 Å². The summed E-state index contributed by atoms with van der Waals surface area (Å²) in [6, 6.07) is 13.5. The molecule has 2 heterocycles. The van der Waals surface area contributed by atoms with Gasteiger partial charge in [-0.15, -0.1) is 11.3 Å². The molecular weight excluding hydrogens is 518 g/mol. The van der Waals surface area contributed by atoms with Crippen LogP contribution in [0.3, 0.4) is 0 Å². The Balaban J connectivity index is 1.66. The summed E-state index contributed by atoms with van der Waals surface area (Å²) < 4.78 is 25.6. The van der Waals surface area contributed by atoms with Gasteiger partial charge in [-0.25, -0.2) is 14.1 Å². The number of nitrogens with zero attached hydrogens (tertiary/aromatic N) is 4. The number of rotatable bonds is 5. The number of ether oxygens (including phenoxy) is 2. The van der Waals surface area contributed by atoms with E-state index in [9.17, 15) is 14.5 Å². The van der Waals surface area contributed by atoms with Crippen LogP contribution in [0, 0.1) is 15.9 Å². The average Bonchev–Trinajstić information content (AvgIpc) is 3.45. The average molecular weight is 531 g/mol. The van der Waals surface area contributed by atoms with E-state index in [0.717, 1.165) is 0 Å². The van der Waals surface area contributed by atoms with Crippen molar-refractivity contribution in [2.24, 2.45) is 10.1 Å². The molecule has 3 aromatic carbocycles. The molecule has 0 atom stereocenters. The minimum atomic E-state index is -0.527. The smallest absolute Gasteiger partial charge is 0.282 e. The first-order valence-electron chi connectivity index (χ1n) is 9.98. The van der Waals surface area contributed by atoms with E-state index >= 15 is 0 Å². The standard InChI is InChI=1S/C23H13Cl2FN4O4S/c24-15-3-6-18(17(25)8-15)28-23-29(20(11-35-23)13-1-4-16(26)5-2-13)27-10-14-7-21-22(34-12-33-21)9-19(14)30(31)32/h1-11H,12H2. The largest absolute Gasteiger partial charge is 0.454 e. The zero-order valence-corrected chi connectivity index (χ0v) is 19.9. The fourth-order valence-electron chi connectivity index (χ4n) is 3.31. The monoisotopic (exact) mass is 530 g/mol. The lowest BCUT2D eigenvalue weighted by molar-refractivity contribution is -0.385. The number of halogens is 3. The highest BCUT2D eigenvalue weighted by atomic mass is 35.5. The van der Waals surface area contributed by atoms with Crippen molar-refractivity contribution in [3.8, 4) is 22.8 Å². The second kappa shape index (κ2) is 9.49. The van der Waals surface area contributed by atoms with Crippen molar-refractivity contribution in [1.29, 1.82) is 0 Å². The third kappa shape index (κ3) is 4.76. The normalized spacial score (nSPS) is 13.1. The van der Waals surface area contributed by atoms with E-state index in [-0.39, 0.29) is 29.6 Å². The summed E-state index contributed by atoms with van der Waals surface area (Å²) in [5.41, 5.74) is 1.73. The summed E-state index contributed by atoms with van der Waals surface area (Å²) in [7, 11) is 0. The Labute approximate surface area is 211 Å². The summed E-state index contributed by atoms with van der Waals surface area (Å²) in [5.74, 6) is 0.286. The summed E-state index contributed by atoms with van der Waals surface area (Å²) in [6.07, 6.45) is 1.34. The molecule has 4 aromatic rings. The summed E-state index contributed by atoms with van der Waals surface area (Å²) in [4.78, 5) is 16.1. The number of hydrogen-bond donors (Lipinski definition) is 0. The van der Waals surface area contributed by atoms with Crippen LogP contribution in [0.5, 0.6) is 11.5 Å². The lowest BCUT2D eigenvalue weighted by atomic mass is 10.1. The molecule has 0 N–H and O–H groups in total. The summed E-state index contributed by atoms with van der Waals surface area (Å²) in [5, 5.41) is 18.7. The van der Waals surface area contributed by atoms with Gasteiger partial charge in [0, 0.05) is 16.0 Å². The van der Waals surface area contributed by atoms with Gasteiger partial charge in [0.2, 0.25) is 11.6 Å². The third-order valence-electron chi connectivity index (χ3n) is 4.98. The van der Waals surface area contributed by atoms with E-state index in [4.69, 9.17) is 32.7 Å². The molecule has 0 saturated heterocycles. The maximum atomic E-state index is 13.5. The van der Waals surface area contributed by atoms with E-state index in [0.29, 0.717) is 37.5 Å². The van der Waals surface area contributed by atoms with Crippen molar-refractivity contribution in [3.05, 3.63) is 96.3 Å². The van der Waals surface area contributed by atoms with Gasteiger partial charge in [-0.1, -0.05) is 23.2 Å². The van der Waals surface area contributed by atoms with E-state index in [1.807, 2.05) is 0 Å². The molecule has 0 aliphatic carbocycles. The van der Waals surface area contributed by atoms with Gasteiger partial charge in [-0.05, 0) is 48.5 Å². The van der Waals surface area contributed by atoms with Gasteiger partial charge in [0.1, 0.15) is 5.82 Å². The van der Waals surface area contributed by atoms with E-state index in [1.54, 1.807) is 35.7 Å². The van der Waals surface area contributed by atoms with Crippen LogP contribution in [0.15, 0.2) is 70.1 Å². The number of hydrogen-bond acceptors (Lipinski definition) is 7. The quantitative estimate of drug-likeness (QED) is 0.169. The van der Waals surface area contributed by atoms with Gasteiger partial charge in [0.05, 0.1) is 39.2 Å². The minimum absolute atomic E-state index is 0.0219. The SMILES string of the molecule is O=[N+]([O-])c1cc2c(cc1C=Nn1c(-c3ccc(F)cc3)csc1=Nc1ccc(Cl)cc1Cl)OCO2. The first kappa shape index (κ1) is 23.0. The van der Waals surface area contributed by atoms with Crippen molar-refractivity contribution in [1.82, 2.24) is 4.68 Å².